The van der Waals surface area contributed by atoms with Gasteiger partial charge in [0.1, 0.15) is 6.26 Å². The summed E-state index contributed by atoms with van der Waals surface area (Å²) in [5.41, 5.74) is 1.08. The van der Waals surface area contributed by atoms with Crippen LogP contribution in [0.5, 0.6) is 0 Å². The maximum atomic E-state index is 11.7. The van der Waals surface area contributed by atoms with Crippen molar-refractivity contribution < 1.29 is 9.32 Å². The van der Waals surface area contributed by atoms with Crippen LogP contribution in [-0.2, 0) is 17.9 Å². The van der Waals surface area contributed by atoms with Crippen LogP contribution in [0.2, 0.25) is 0 Å². The van der Waals surface area contributed by atoms with Crippen molar-refractivity contribution in [1.82, 2.24) is 19.8 Å². The number of hydrogen-bond acceptors (Lipinski definition) is 5. The second-order valence-electron chi connectivity index (χ2n) is 4.24. The summed E-state index contributed by atoms with van der Waals surface area (Å²) in [6, 6.07) is 3.56. The molecule has 0 aromatic carbocycles. The molecule has 0 saturated heterocycles. The lowest BCUT2D eigenvalue weighted by Gasteiger charge is -2.16. The summed E-state index contributed by atoms with van der Waals surface area (Å²) in [6.45, 7) is 3.80. The zero-order valence-electron chi connectivity index (χ0n) is 11.0. The Morgan fingerprint density at radius 3 is 3.05 bits per heavy atom. The lowest BCUT2D eigenvalue weighted by Crippen LogP contribution is -2.30. The number of amides is 1. The number of carbonyl (C=O) groups excluding carboxylic acids is 1. The standard InChI is InChI=1S/C12H17N5O2/c1-3-17-10(4-6-13-17)8-16(2)9-12(18)14-11-5-7-19-15-11/h4-7H,3,8-9H2,1-2H3,(H,14,15,18). The molecule has 7 heteroatoms. The first-order valence-electron chi connectivity index (χ1n) is 6.08. The van der Waals surface area contributed by atoms with Crippen molar-refractivity contribution in [3.63, 3.8) is 0 Å². The zero-order valence-corrected chi connectivity index (χ0v) is 11.0. The Morgan fingerprint density at radius 2 is 2.37 bits per heavy atom. The van der Waals surface area contributed by atoms with Gasteiger partial charge in [0.25, 0.3) is 0 Å². The molecular weight excluding hydrogens is 246 g/mol. The van der Waals surface area contributed by atoms with Gasteiger partial charge in [0.15, 0.2) is 5.82 Å². The van der Waals surface area contributed by atoms with E-state index >= 15 is 0 Å². The minimum absolute atomic E-state index is 0.126. The molecule has 1 amide bonds. The van der Waals surface area contributed by atoms with Crippen molar-refractivity contribution >= 4 is 11.7 Å². The number of rotatable bonds is 6. The van der Waals surface area contributed by atoms with Gasteiger partial charge in [-0.1, -0.05) is 5.16 Å². The highest BCUT2D eigenvalue weighted by molar-refractivity contribution is 5.91. The Balaban J connectivity index is 1.84. The second-order valence-corrected chi connectivity index (χ2v) is 4.24. The molecule has 102 valence electrons. The smallest absolute Gasteiger partial charge is 0.239 e. The molecule has 0 atom stereocenters. The molecule has 0 spiro atoms. The summed E-state index contributed by atoms with van der Waals surface area (Å²) in [7, 11) is 1.88. The first-order valence-corrected chi connectivity index (χ1v) is 6.08. The third-order valence-electron chi connectivity index (χ3n) is 2.65. The maximum absolute atomic E-state index is 11.7. The minimum atomic E-state index is -0.126. The van der Waals surface area contributed by atoms with Crippen LogP contribution in [0, 0.1) is 0 Å². The van der Waals surface area contributed by atoms with Gasteiger partial charge < -0.3 is 9.84 Å². The highest BCUT2D eigenvalue weighted by Crippen LogP contribution is 2.04. The van der Waals surface area contributed by atoms with E-state index < -0.39 is 0 Å². The molecule has 0 aliphatic carbocycles. The van der Waals surface area contributed by atoms with E-state index in [0.29, 0.717) is 12.4 Å². The monoisotopic (exact) mass is 263 g/mol. The Labute approximate surface area is 111 Å². The van der Waals surface area contributed by atoms with Crippen molar-refractivity contribution in [3.8, 4) is 0 Å². The first kappa shape index (κ1) is 13.3. The summed E-state index contributed by atoms with van der Waals surface area (Å²) < 4.78 is 6.55. The number of aryl methyl sites for hydroxylation is 1. The normalized spacial score (nSPS) is 10.9. The van der Waals surface area contributed by atoms with E-state index in [1.807, 2.05) is 29.6 Å². The molecule has 2 aromatic heterocycles. The van der Waals surface area contributed by atoms with Gasteiger partial charge in [-0.2, -0.15) is 5.10 Å². The van der Waals surface area contributed by atoms with Crippen LogP contribution in [0.4, 0.5) is 5.82 Å². The molecule has 0 unspecified atom stereocenters. The number of anilines is 1. The predicted octanol–water partition coefficient (Wildman–Crippen LogP) is 0.961. The minimum Gasteiger partial charge on any atom is -0.363 e. The molecule has 0 bridgehead atoms. The van der Waals surface area contributed by atoms with E-state index in [1.165, 1.54) is 6.26 Å². The zero-order chi connectivity index (χ0) is 13.7. The van der Waals surface area contributed by atoms with E-state index in [4.69, 9.17) is 0 Å². The average molecular weight is 263 g/mol. The molecular formula is C12H17N5O2. The molecule has 0 radical (unpaired) electrons. The fourth-order valence-electron chi connectivity index (χ4n) is 1.82. The number of hydrogen-bond donors (Lipinski definition) is 1. The van der Waals surface area contributed by atoms with Gasteiger partial charge in [0.05, 0.1) is 12.2 Å². The quantitative estimate of drug-likeness (QED) is 0.840. The number of nitrogens with one attached hydrogen (secondary N) is 1. The van der Waals surface area contributed by atoms with Crippen LogP contribution < -0.4 is 5.32 Å². The molecule has 0 aliphatic rings. The predicted molar refractivity (Wildman–Crippen MR) is 69.4 cm³/mol. The topological polar surface area (TPSA) is 76.2 Å². The summed E-state index contributed by atoms with van der Waals surface area (Å²) in [5.74, 6) is 0.302. The van der Waals surface area contributed by atoms with Gasteiger partial charge in [-0.3, -0.25) is 14.4 Å². The Kier molecular flexibility index (Phi) is 4.30. The molecule has 0 saturated carbocycles. The van der Waals surface area contributed by atoms with Gasteiger partial charge in [-0.25, -0.2) is 0 Å². The van der Waals surface area contributed by atoms with E-state index in [1.54, 1.807) is 12.3 Å². The van der Waals surface area contributed by atoms with Crippen molar-refractivity contribution in [2.45, 2.75) is 20.0 Å². The number of carbonyl (C=O) groups is 1. The average Bonchev–Trinajstić information content (AvgIpc) is 2.99. The Hall–Kier alpha value is -2.15. The highest BCUT2D eigenvalue weighted by Gasteiger charge is 2.10. The summed E-state index contributed by atoms with van der Waals surface area (Å²) in [5, 5.41) is 10.5. The van der Waals surface area contributed by atoms with Gasteiger partial charge in [-0.05, 0) is 20.0 Å². The van der Waals surface area contributed by atoms with E-state index in [0.717, 1.165) is 12.2 Å². The van der Waals surface area contributed by atoms with Crippen LogP contribution >= 0.6 is 0 Å². The molecule has 0 fully saturated rings. The van der Waals surface area contributed by atoms with Crippen LogP contribution in [0.1, 0.15) is 12.6 Å². The molecule has 2 rings (SSSR count). The molecule has 1 N–H and O–H groups in total. The van der Waals surface area contributed by atoms with Crippen molar-refractivity contribution in [2.24, 2.45) is 0 Å². The summed E-state index contributed by atoms with van der Waals surface area (Å²) in [4.78, 5) is 13.7. The fourth-order valence-corrected chi connectivity index (χ4v) is 1.82. The van der Waals surface area contributed by atoms with Gasteiger partial charge in [0, 0.05) is 25.4 Å². The molecule has 2 heterocycles. The number of aromatic nitrogens is 3. The van der Waals surface area contributed by atoms with Crippen molar-refractivity contribution in [3.05, 3.63) is 30.3 Å². The largest absolute Gasteiger partial charge is 0.363 e. The first-order chi connectivity index (χ1) is 9.19. The molecule has 2 aromatic rings. The van der Waals surface area contributed by atoms with Crippen LogP contribution in [0.3, 0.4) is 0 Å². The Morgan fingerprint density at radius 1 is 1.53 bits per heavy atom. The third-order valence-corrected chi connectivity index (χ3v) is 2.65. The number of nitrogens with zero attached hydrogens (tertiary/aromatic N) is 4. The Bertz CT molecular complexity index is 520. The van der Waals surface area contributed by atoms with Crippen molar-refractivity contribution in [1.29, 1.82) is 0 Å². The van der Waals surface area contributed by atoms with Crippen molar-refractivity contribution in [2.75, 3.05) is 18.9 Å². The van der Waals surface area contributed by atoms with Crippen LogP contribution in [-0.4, -0.2) is 39.3 Å². The van der Waals surface area contributed by atoms with E-state index in [9.17, 15) is 4.79 Å². The third kappa shape index (κ3) is 3.65. The van der Waals surface area contributed by atoms with Gasteiger partial charge in [0.2, 0.25) is 5.91 Å². The van der Waals surface area contributed by atoms with Gasteiger partial charge in [-0.15, -0.1) is 0 Å². The SMILES string of the molecule is CCn1nccc1CN(C)CC(=O)Nc1ccon1. The molecule has 0 aliphatic heterocycles. The lowest BCUT2D eigenvalue weighted by atomic mass is 10.3. The van der Waals surface area contributed by atoms with E-state index in [2.05, 4.69) is 20.1 Å². The maximum Gasteiger partial charge on any atom is 0.239 e. The molecule has 19 heavy (non-hydrogen) atoms. The summed E-state index contributed by atoms with van der Waals surface area (Å²) in [6.07, 6.45) is 3.18. The van der Waals surface area contributed by atoms with E-state index in [-0.39, 0.29) is 12.5 Å². The molecule has 7 nitrogen and oxygen atoms in total. The lowest BCUT2D eigenvalue weighted by molar-refractivity contribution is -0.117. The highest BCUT2D eigenvalue weighted by atomic mass is 16.5. The second kappa shape index (κ2) is 6.14. The van der Waals surface area contributed by atoms with Gasteiger partial charge >= 0.3 is 0 Å². The van der Waals surface area contributed by atoms with Crippen LogP contribution in [0.15, 0.2) is 29.1 Å². The summed E-state index contributed by atoms with van der Waals surface area (Å²) >= 11 is 0. The fraction of sp³-hybridized carbons (Fsp3) is 0.417. The van der Waals surface area contributed by atoms with Crippen LogP contribution in [0.25, 0.3) is 0 Å². The number of likely N-dealkylation sites (N-methyl/N-ethyl adjacent to an activating group) is 1.